The summed E-state index contributed by atoms with van der Waals surface area (Å²) in [6.45, 7) is 8.20. The van der Waals surface area contributed by atoms with Gasteiger partial charge in [-0.2, -0.15) is 0 Å². The van der Waals surface area contributed by atoms with E-state index >= 15 is 0 Å². The molecule has 3 rings (SSSR count). The maximum absolute atomic E-state index is 12.6. The SMILES string of the molecule is Cc1ccc(NC(=O)CN2CCC(C(=O)Nc3ccc(C(C)C)cc3)CC2)cc1. The lowest BCUT2D eigenvalue weighted by Crippen LogP contribution is -2.41. The van der Waals surface area contributed by atoms with Crippen molar-refractivity contribution < 1.29 is 9.59 Å². The number of likely N-dealkylation sites (tertiary alicyclic amines) is 1. The highest BCUT2D eigenvalue weighted by Crippen LogP contribution is 2.21. The Labute approximate surface area is 173 Å². The second-order valence-corrected chi connectivity index (χ2v) is 8.23. The van der Waals surface area contributed by atoms with Gasteiger partial charge in [0.15, 0.2) is 0 Å². The number of hydrogen-bond donors (Lipinski definition) is 2. The van der Waals surface area contributed by atoms with Crippen molar-refractivity contribution in [2.75, 3.05) is 30.3 Å². The summed E-state index contributed by atoms with van der Waals surface area (Å²) in [6, 6.07) is 15.9. The van der Waals surface area contributed by atoms with Gasteiger partial charge in [-0.15, -0.1) is 0 Å². The molecule has 29 heavy (non-hydrogen) atoms. The average Bonchev–Trinajstić information content (AvgIpc) is 2.70. The lowest BCUT2D eigenvalue weighted by Gasteiger charge is -2.30. The average molecular weight is 394 g/mol. The largest absolute Gasteiger partial charge is 0.326 e. The molecule has 0 spiro atoms. The summed E-state index contributed by atoms with van der Waals surface area (Å²) in [4.78, 5) is 27.0. The van der Waals surface area contributed by atoms with E-state index < -0.39 is 0 Å². The minimum absolute atomic E-state index is 0.00353. The maximum Gasteiger partial charge on any atom is 0.238 e. The third-order valence-corrected chi connectivity index (χ3v) is 5.51. The number of rotatable bonds is 6. The monoisotopic (exact) mass is 393 g/mol. The minimum atomic E-state index is -0.0120. The Morgan fingerprint density at radius 2 is 1.48 bits per heavy atom. The number of benzene rings is 2. The van der Waals surface area contributed by atoms with Crippen molar-refractivity contribution in [1.29, 1.82) is 0 Å². The number of aryl methyl sites for hydroxylation is 1. The van der Waals surface area contributed by atoms with Gasteiger partial charge in [0.25, 0.3) is 0 Å². The molecule has 0 saturated carbocycles. The number of nitrogens with zero attached hydrogens (tertiary/aromatic N) is 1. The highest BCUT2D eigenvalue weighted by Gasteiger charge is 2.26. The van der Waals surface area contributed by atoms with E-state index in [1.807, 2.05) is 43.3 Å². The van der Waals surface area contributed by atoms with Crippen LogP contribution in [0.4, 0.5) is 11.4 Å². The normalized spacial score (nSPS) is 15.3. The van der Waals surface area contributed by atoms with Crippen LogP contribution in [0.2, 0.25) is 0 Å². The van der Waals surface area contributed by atoms with Gasteiger partial charge in [-0.25, -0.2) is 0 Å². The molecule has 5 heteroatoms. The first kappa shape index (κ1) is 21.1. The van der Waals surface area contributed by atoms with E-state index in [2.05, 4.69) is 41.5 Å². The Morgan fingerprint density at radius 1 is 0.931 bits per heavy atom. The van der Waals surface area contributed by atoms with Crippen LogP contribution >= 0.6 is 0 Å². The molecule has 0 aliphatic carbocycles. The number of nitrogens with one attached hydrogen (secondary N) is 2. The van der Waals surface area contributed by atoms with Crippen LogP contribution < -0.4 is 10.6 Å². The third kappa shape index (κ3) is 6.16. The molecule has 1 aliphatic rings. The van der Waals surface area contributed by atoms with Gasteiger partial charge in [0, 0.05) is 17.3 Å². The molecule has 0 bridgehead atoms. The first-order valence-electron chi connectivity index (χ1n) is 10.4. The molecule has 1 saturated heterocycles. The Hall–Kier alpha value is -2.66. The number of anilines is 2. The van der Waals surface area contributed by atoms with Crippen LogP contribution in [0.3, 0.4) is 0 Å². The quantitative estimate of drug-likeness (QED) is 0.764. The van der Waals surface area contributed by atoms with Crippen molar-refractivity contribution in [3.05, 3.63) is 59.7 Å². The van der Waals surface area contributed by atoms with E-state index in [-0.39, 0.29) is 17.7 Å². The number of carbonyl (C=O) groups excluding carboxylic acids is 2. The van der Waals surface area contributed by atoms with Gasteiger partial charge in [-0.05, 0) is 68.6 Å². The molecular formula is C24H31N3O2. The lowest BCUT2D eigenvalue weighted by molar-refractivity contribution is -0.121. The second kappa shape index (κ2) is 9.70. The van der Waals surface area contributed by atoms with Gasteiger partial charge < -0.3 is 10.6 Å². The van der Waals surface area contributed by atoms with Crippen molar-refractivity contribution in [3.63, 3.8) is 0 Å². The van der Waals surface area contributed by atoms with E-state index in [1.165, 1.54) is 11.1 Å². The van der Waals surface area contributed by atoms with Crippen LogP contribution in [0.5, 0.6) is 0 Å². The predicted molar refractivity (Wildman–Crippen MR) is 118 cm³/mol. The molecule has 2 N–H and O–H groups in total. The summed E-state index contributed by atoms with van der Waals surface area (Å²) < 4.78 is 0. The lowest BCUT2D eigenvalue weighted by atomic mass is 9.95. The van der Waals surface area contributed by atoms with E-state index in [1.54, 1.807) is 0 Å². The molecule has 154 valence electrons. The fraction of sp³-hybridized carbons (Fsp3) is 0.417. The van der Waals surface area contributed by atoms with E-state index in [0.717, 1.165) is 37.3 Å². The first-order valence-corrected chi connectivity index (χ1v) is 10.4. The predicted octanol–water partition coefficient (Wildman–Crippen LogP) is 4.41. The summed E-state index contributed by atoms with van der Waals surface area (Å²) in [6.07, 6.45) is 1.54. The van der Waals surface area contributed by atoms with Crippen molar-refractivity contribution in [2.45, 2.75) is 39.5 Å². The summed E-state index contributed by atoms with van der Waals surface area (Å²) >= 11 is 0. The number of amides is 2. The molecular weight excluding hydrogens is 362 g/mol. The van der Waals surface area contributed by atoms with Crippen LogP contribution in [0.1, 0.15) is 43.7 Å². The van der Waals surface area contributed by atoms with Crippen molar-refractivity contribution >= 4 is 23.2 Å². The molecule has 1 fully saturated rings. The fourth-order valence-electron chi connectivity index (χ4n) is 3.59. The summed E-state index contributed by atoms with van der Waals surface area (Å²) in [5, 5.41) is 5.97. The van der Waals surface area contributed by atoms with Crippen molar-refractivity contribution in [3.8, 4) is 0 Å². The Morgan fingerprint density at radius 3 is 2.07 bits per heavy atom. The zero-order valence-corrected chi connectivity index (χ0v) is 17.6. The Kier molecular flexibility index (Phi) is 7.04. The number of carbonyl (C=O) groups is 2. The number of piperidine rings is 1. The first-order chi connectivity index (χ1) is 13.9. The Bertz CT molecular complexity index is 820. The van der Waals surface area contributed by atoms with E-state index in [0.29, 0.717) is 12.5 Å². The van der Waals surface area contributed by atoms with Crippen molar-refractivity contribution in [1.82, 2.24) is 4.90 Å². The topological polar surface area (TPSA) is 61.4 Å². The molecule has 2 aromatic rings. The van der Waals surface area contributed by atoms with Gasteiger partial charge in [-0.3, -0.25) is 14.5 Å². The zero-order valence-electron chi connectivity index (χ0n) is 17.6. The maximum atomic E-state index is 12.6. The van der Waals surface area contributed by atoms with Gasteiger partial charge in [0.1, 0.15) is 0 Å². The van der Waals surface area contributed by atoms with Crippen LogP contribution in [0.15, 0.2) is 48.5 Å². The summed E-state index contributed by atoms with van der Waals surface area (Å²) in [5.41, 5.74) is 4.09. The smallest absolute Gasteiger partial charge is 0.238 e. The second-order valence-electron chi connectivity index (χ2n) is 8.23. The van der Waals surface area contributed by atoms with Crippen LogP contribution in [-0.2, 0) is 9.59 Å². The summed E-state index contributed by atoms with van der Waals surface area (Å²) in [7, 11) is 0. The van der Waals surface area contributed by atoms with Crippen LogP contribution in [-0.4, -0.2) is 36.3 Å². The van der Waals surface area contributed by atoms with Gasteiger partial charge >= 0.3 is 0 Å². The minimum Gasteiger partial charge on any atom is -0.326 e. The molecule has 0 unspecified atom stereocenters. The zero-order chi connectivity index (χ0) is 20.8. The molecule has 1 heterocycles. The van der Waals surface area contributed by atoms with Gasteiger partial charge in [0.2, 0.25) is 11.8 Å². The highest BCUT2D eigenvalue weighted by molar-refractivity contribution is 5.93. The molecule has 1 aliphatic heterocycles. The van der Waals surface area contributed by atoms with E-state index in [4.69, 9.17) is 0 Å². The third-order valence-electron chi connectivity index (χ3n) is 5.51. The standard InChI is InChI=1S/C24H31N3O2/c1-17(2)19-6-10-22(11-7-19)26-24(29)20-12-14-27(15-13-20)16-23(28)25-21-8-4-18(3)5-9-21/h4-11,17,20H,12-16H2,1-3H3,(H,25,28)(H,26,29). The summed E-state index contributed by atoms with van der Waals surface area (Å²) in [5.74, 6) is 0.538. The molecule has 2 aromatic carbocycles. The molecule has 0 atom stereocenters. The van der Waals surface area contributed by atoms with Crippen molar-refractivity contribution in [2.24, 2.45) is 5.92 Å². The molecule has 0 aromatic heterocycles. The van der Waals surface area contributed by atoms with Crippen LogP contribution in [0.25, 0.3) is 0 Å². The molecule has 2 amide bonds. The Balaban J connectivity index is 1.42. The fourth-order valence-corrected chi connectivity index (χ4v) is 3.59. The van der Waals surface area contributed by atoms with Gasteiger partial charge in [-0.1, -0.05) is 43.7 Å². The van der Waals surface area contributed by atoms with Crippen LogP contribution in [0, 0.1) is 12.8 Å². The molecule has 0 radical (unpaired) electrons. The number of hydrogen-bond acceptors (Lipinski definition) is 3. The van der Waals surface area contributed by atoms with Gasteiger partial charge in [0.05, 0.1) is 6.54 Å². The highest BCUT2D eigenvalue weighted by atomic mass is 16.2. The van der Waals surface area contributed by atoms with E-state index in [9.17, 15) is 9.59 Å². The molecule has 5 nitrogen and oxygen atoms in total.